The van der Waals surface area contributed by atoms with E-state index in [1.165, 1.54) is 4.90 Å². The van der Waals surface area contributed by atoms with E-state index in [2.05, 4.69) is 0 Å². The summed E-state index contributed by atoms with van der Waals surface area (Å²) in [7, 11) is 0. The monoisotopic (exact) mass is 228 g/mol. The highest BCUT2D eigenvalue weighted by Crippen LogP contribution is 2.22. The van der Waals surface area contributed by atoms with E-state index < -0.39 is 0 Å². The predicted octanol–water partition coefficient (Wildman–Crippen LogP) is 2.09. The zero-order chi connectivity index (χ0) is 12.3. The van der Waals surface area contributed by atoms with Crippen molar-refractivity contribution in [2.45, 2.75) is 13.0 Å². The summed E-state index contributed by atoms with van der Waals surface area (Å²) in [5.41, 5.74) is 0.750. The van der Waals surface area contributed by atoms with E-state index >= 15 is 0 Å². The van der Waals surface area contributed by atoms with E-state index in [4.69, 9.17) is 5.11 Å². The molecular weight excluding hydrogens is 214 g/mol. The molecule has 1 unspecified atom stereocenters. The summed E-state index contributed by atoms with van der Waals surface area (Å²) in [6.07, 6.45) is 1.86. The standard InChI is InChI=1S/C14H14NO2/c1-11(9-16)15(10-17)14-7-6-12-4-2-3-5-13(12)8-14/h2-8,11,16H,9H2,1H3. The van der Waals surface area contributed by atoms with Crippen LogP contribution in [0.15, 0.2) is 42.5 Å². The fraction of sp³-hybridized carbons (Fsp3) is 0.214. The van der Waals surface area contributed by atoms with Gasteiger partial charge in [-0.1, -0.05) is 30.3 Å². The molecule has 0 fully saturated rings. The van der Waals surface area contributed by atoms with Gasteiger partial charge in [-0.25, -0.2) is 0 Å². The molecule has 1 amide bonds. The van der Waals surface area contributed by atoms with Crippen LogP contribution in [0.2, 0.25) is 0 Å². The van der Waals surface area contributed by atoms with Gasteiger partial charge in [0.05, 0.1) is 12.6 Å². The van der Waals surface area contributed by atoms with Gasteiger partial charge in [0.2, 0.25) is 0 Å². The number of amides is 1. The Morgan fingerprint density at radius 3 is 2.59 bits per heavy atom. The number of hydrogen-bond donors (Lipinski definition) is 1. The van der Waals surface area contributed by atoms with Crippen molar-refractivity contribution < 1.29 is 9.90 Å². The third-order valence-electron chi connectivity index (χ3n) is 2.81. The van der Waals surface area contributed by atoms with Gasteiger partial charge in [0.1, 0.15) is 0 Å². The van der Waals surface area contributed by atoms with Gasteiger partial charge >= 0.3 is 6.41 Å². The highest BCUT2D eigenvalue weighted by Gasteiger charge is 2.13. The Hall–Kier alpha value is -1.87. The van der Waals surface area contributed by atoms with Crippen molar-refractivity contribution in [2.75, 3.05) is 11.5 Å². The molecular formula is C14H14NO2. The van der Waals surface area contributed by atoms with Crippen molar-refractivity contribution >= 4 is 22.9 Å². The van der Waals surface area contributed by atoms with E-state index in [1.807, 2.05) is 48.9 Å². The van der Waals surface area contributed by atoms with Crippen LogP contribution >= 0.6 is 0 Å². The van der Waals surface area contributed by atoms with Crippen molar-refractivity contribution in [1.29, 1.82) is 0 Å². The van der Waals surface area contributed by atoms with Gasteiger partial charge < -0.3 is 5.11 Å². The van der Waals surface area contributed by atoms with Gasteiger partial charge in [-0.3, -0.25) is 9.69 Å². The van der Waals surface area contributed by atoms with Crippen LogP contribution in [0.1, 0.15) is 6.92 Å². The third-order valence-corrected chi connectivity index (χ3v) is 2.81. The number of fused-ring (bicyclic) bond motifs is 1. The van der Waals surface area contributed by atoms with E-state index in [9.17, 15) is 4.79 Å². The lowest BCUT2D eigenvalue weighted by Gasteiger charge is -2.22. The molecule has 2 aromatic carbocycles. The van der Waals surface area contributed by atoms with Crippen LogP contribution in [0.25, 0.3) is 10.8 Å². The van der Waals surface area contributed by atoms with Crippen LogP contribution in [0, 0.1) is 0 Å². The molecule has 3 nitrogen and oxygen atoms in total. The molecule has 0 aliphatic carbocycles. The van der Waals surface area contributed by atoms with Crippen molar-refractivity contribution in [1.82, 2.24) is 0 Å². The molecule has 0 aliphatic rings. The molecule has 1 atom stereocenters. The van der Waals surface area contributed by atoms with Gasteiger partial charge in [-0.15, -0.1) is 0 Å². The summed E-state index contributed by atoms with van der Waals surface area (Å²) in [5, 5.41) is 11.3. The minimum Gasteiger partial charge on any atom is -0.394 e. The molecule has 17 heavy (non-hydrogen) atoms. The van der Waals surface area contributed by atoms with Crippen molar-refractivity contribution in [2.24, 2.45) is 0 Å². The van der Waals surface area contributed by atoms with Crippen LogP contribution < -0.4 is 4.90 Å². The van der Waals surface area contributed by atoms with Crippen molar-refractivity contribution in [3.8, 4) is 0 Å². The molecule has 87 valence electrons. The lowest BCUT2D eigenvalue weighted by molar-refractivity contribution is 0.273. The Morgan fingerprint density at radius 2 is 1.94 bits per heavy atom. The molecule has 0 aliphatic heterocycles. The number of nitrogens with zero attached hydrogens (tertiary/aromatic N) is 1. The van der Waals surface area contributed by atoms with E-state index in [0.717, 1.165) is 16.5 Å². The first-order valence-electron chi connectivity index (χ1n) is 5.53. The molecule has 0 heterocycles. The molecule has 0 bridgehead atoms. The minimum atomic E-state index is -0.270. The first-order chi connectivity index (χ1) is 8.26. The Labute approximate surface area is 100 Å². The molecule has 2 aromatic rings. The summed E-state index contributed by atoms with van der Waals surface area (Å²) in [4.78, 5) is 12.3. The zero-order valence-corrected chi connectivity index (χ0v) is 9.63. The van der Waals surface area contributed by atoms with Crippen molar-refractivity contribution in [3.63, 3.8) is 0 Å². The van der Waals surface area contributed by atoms with Crippen LogP contribution in [-0.2, 0) is 4.79 Å². The lowest BCUT2D eigenvalue weighted by Crippen LogP contribution is -2.34. The predicted molar refractivity (Wildman–Crippen MR) is 68.7 cm³/mol. The minimum absolute atomic E-state index is 0.0813. The smallest absolute Gasteiger partial charge is 0.317 e. The number of aliphatic hydroxyl groups is 1. The fourth-order valence-electron chi connectivity index (χ4n) is 1.81. The molecule has 3 heteroatoms. The number of carbonyl (C=O) groups excluding carboxylic acids is 1. The number of anilines is 1. The zero-order valence-electron chi connectivity index (χ0n) is 9.63. The van der Waals surface area contributed by atoms with E-state index in [1.54, 1.807) is 6.92 Å². The van der Waals surface area contributed by atoms with Crippen LogP contribution in [0.5, 0.6) is 0 Å². The van der Waals surface area contributed by atoms with Crippen LogP contribution in [0.4, 0.5) is 5.69 Å². The quantitative estimate of drug-likeness (QED) is 0.814. The number of aliphatic hydroxyl groups excluding tert-OH is 1. The van der Waals surface area contributed by atoms with Gasteiger partial charge in [0.15, 0.2) is 0 Å². The summed E-state index contributed by atoms with van der Waals surface area (Å²) in [6.45, 7) is 1.70. The number of rotatable bonds is 4. The molecule has 2 rings (SSSR count). The Morgan fingerprint density at radius 1 is 1.24 bits per heavy atom. The summed E-state index contributed by atoms with van der Waals surface area (Å²) in [6, 6.07) is 13.4. The highest BCUT2D eigenvalue weighted by molar-refractivity contribution is 5.89. The Bertz CT molecular complexity index is 524. The summed E-state index contributed by atoms with van der Waals surface area (Å²) >= 11 is 0. The average molecular weight is 228 g/mol. The fourth-order valence-corrected chi connectivity index (χ4v) is 1.81. The van der Waals surface area contributed by atoms with Crippen LogP contribution in [-0.4, -0.2) is 24.2 Å². The second-order valence-corrected chi connectivity index (χ2v) is 4.02. The van der Waals surface area contributed by atoms with Gasteiger partial charge in [-0.2, -0.15) is 0 Å². The Kier molecular flexibility index (Phi) is 3.40. The second kappa shape index (κ2) is 4.97. The largest absolute Gasteiger partial charge is 0.394 e. The normalized spacial score (nSPS) is 12.4. The molecule has 0 spiro atoms. The molecule has 1 N–H and O–H groups in total. The van der Waals surface area contributed by atoms with E-state index in [0.29, 0.717) is 0 Å². The maximum Gasteiger partial charge on any atom is 0.317 e. The molecule has 1 radical (unpaired) electrons. The summed E-state index contributed by atoms with van der Waals surface area (Å²) < 4.78 is 0. The van der Waals surface area contributed by atoms with Crippen LogP contribution in [0.3, 0.4) is 0 Å². The SMILES string of the molecule is CC(CO)N([C]=O)c1ccc2ccccc2c1. The van der Waals surface area contributed by atoms with Gasteiger partial charge in [0.25, 0.3) is 0 Å². The van der Waals surface area contributed by atoms with E-state index in [-0.39, 0.29) is 12.6 Å². The average Bonchev–Trinajstić information content (AvgIpc) is 2.39. The van der Waals surface area contributed by atoms with Gasteiger partial charge in [0, 0.05) is 5.69 Å². The maximum atomic E-state index is 10.9. The molecule has 0 aromatic heterocycles. The van der Waals surface area contributed by atoms with Gasteiger partial charge in [-0.05, 0) is 29.8 Å². The first-order valence-corrected chi connectivity index (χ1v) is 5.53. The molecule has 0 saturated carbocycles. The summed E-state index contributed by atoms with van der Waals surface area (Å²) in [5.74, 6) is 0. The third kappa shape index (κ3) is 2.29. The number of benzene rings is 2. The second-order valence-electron chi connectivity index (χ2n) is 4.02. The first kappa shape index (κ1) is 11.6. The Balaban J connectivity index is 2.44. The lowest BCUT2D eigenvalue weighted by atomic mass is 10.1. The maximum absolute atomic E-state index is 10.9. The highest BCUT2D eigenvalue weighted by atomic mass is 16.3. The van der Waals surface area contributed by atoms with Crippen molar-refractivity contribution in [3.05, 3.63) is 42.5 Å². The number of hydrogen-bond acceptors (Lipinski definition) is 2. The topological polar surface area (TPSA) is 40.5 Å². The molecule has 0 saturated heterocycles.